The van der Waals surface area contributed by atoms with Crippen molar-refractivity contribution in [3.63, 3.8) is 0 Å². The van der Waals surface area contributed by atoms with Gasteiger partial charge >= 0.3 is 6.55 Å². The first-order valence-electron chi connectivity index (χ1n) is 7.27. The second kappa shape index (κ2) is 8.32. The van der Waals surface area contributed by atoms with E-state index in [9.17, 15) is 22.0 Å². The molecule has 11 heteroatoms. The van der Waals surface area contributed by atoms with Crippen LogP contribution in [-0.2, 0) is 26.9 Å². The number of amides is 1. The fourth-order valence-electron chi connectivity index (χ4n) is 2.18. The normalized spacial score (nSPS) is 11.8. The van der Waals surface area contributed by atoms with Gasteiger partial charge in [0, 0.05) is 26.0 Å². The number of carbonyl (C=O) groups excluding carboxylic acids is 1. The van der Waals surface area contributed by atoms with E-state index in [4.69, 9.17) is 23.2 Å². The van der Waals surface area contributed by atoms with Crippen LogP contribution >= 0.6 is 23.2 Å². The Morgan fingerprint density at radius 3 is 2.62 bits per heavy atom. The van der Waals surface area contributed by atoms with Gasteiger partial charge in [-0.2, -0.15) is 8.78 Å². The van der Waals surface area contributed by atoms with Crippen LogP contribution in [0.1, 0.15) is 17.9 Å². The summed E-state index contributed by atoms with van der Waals surface area (Å²) in [4.78, 5) is 17.0. The lowest BCUT2D eigenvalue weighted by molar-refractivity contribution is -0.127. The molecule has 1 aromatic carbocycles. The smallest absolute Gasteiger partial charge is 0.319 e. The Balaban J connectivity index is 2.02. The number of benzene rings is 1. The standard InChI is InChI=1S/C15H15Cl2F2N3O3S/c1-21(7-10-2-3-11(16)12(17)6-10)14(23)9-26(24,25)8-13-20-4-5-22(13)15(18)19/h2-6,15H,7-9H2,1H3. The van der Waals surface area contributed by atoms with Gasteiger partial charge in [-0.15, -0.1) is 0 Å². The van der Waals surface area contributed by atoms with Crippen molar-refractivity contribution in [1.29, 1.82) is 0 Å². The topological polar surface area (TPSA) is 72.3 Å². The van der Waals surface area contributed by atoms with Gasteiger partial charge in [0.2, 0.25) is 5.91 Å². The minimum atomic E-state index is -3.97. The molecular formula is C15H15Cl2F2N3O3S. The van der Waals surface area contributed by atoms with Gasteiger partial charge in [-0.05, 0) is 17.7 Å². The number of sulfone groups is 1. The fourth-order valence-corrected chi connectivity index (χ4v) is 3.82. The van der Waals surface area contributed by atoms with Gasteiger partial charge in [0.25, 0.3) is 0 Å². The Morgan fingerprint density at radius 2 is 2.00 bits per heavy atom. The van der Waals surface area contributed by atoms with Gasteiger partial charge in [-0.25, -0.2) is 13.4 Å². The molecule has 26 heavy (non-hydrogen) atoms. The monoisotopic (exact) mass is 425 g/mol. The highest BCUT2D eigenvalue weighted by Gasteiger charge is 2.24. The highest BCUT2D eigenvalue weighted by Crippen LogP contribution is 2.23. The van der Waals surface area contributed by atoms with E-state index >= 15 is 0 Å². The van der Waals surface area contributed by atoms with E-state index in [1.54, 1.807) is 18.2 Å². The molecule has 0 radical (unpaired) electrons. The quantitative estimate of drug-likeness (QED) is 0.682. The number of rotatable bonds is 7. The zero-order valence-electron chi connectivity index (χ0n) is 13.6. The SMILES string of the molecule is CN(Cc1ccc(Cl)c(Cl)c1)C(=O)CS(=O)(=O)Cc1nccn1C(F)F. The van der Waals surface area contributed by atoms with Crippen LogP contribution in [0.2, 0.25) is 10.0 Å². The van der Waals surface area contributed by atoms with E-state index in [0.29, 0.717) is 20.2 Å². The van der Waals surface area contributed by atoms with Gasteiger partial charge in [-0.1, -0.05) is 29.3 Å². The molecule has 2 aromatic rings. The number of imidazole rings is 1. The molecule has 0 saturated heterocycles. The summed E-state index contributed by atoms with van der Waals surface area (Å²) in [6, 6.07) is 4.80. The molecule has 0 saturated carbocycles. The van der Waals surface area contributed by atoms with Gasteiger partial charge < -0.3 is 4.90 Å². The average Bonchev–Trinajstić information content (AvgIpc) is 2.97. The molecule has 2 rings (SSSR count). The van der Waals surface area contributed by atoms with E-state index in [0.717, 1.165) is 12.4 Å². The van der Waals surface area contributed by atoms with Crippen LogP contribution in [0, 0.1) is 0 Å². The third-order valence-corrected chi connectivity index (χ3v) is 5.60. The van der Waals surface area contributed by atoms with Crippen LogP contribution in [0.4, 0.5) is 8.78 Å². The number of carbonyl (C=O) groups is 1. The number of aromatic nitrogens is 2. The third kappa shape index (κ3) is 5.39. The van der Waals surface area contributed by atoms with E-state index in [1.165, 1.54) is 11.9 Å². The molecule has 6 nitrogen and oxygen atoms in total. The van der Waals surface area contributed by atoms with Crippen molar-refractivity contribution >= 4 is 38.9 Å². The molecule has 142 valence electrons. The van der Waals surface area contributed by atoms with Gasteiger partial charge in [0.15, 0.2) is 9.84 Å². The van der Waals surface area contributed by atoms with Gasteiger partial charge in [0.1, 0.15) is 17.3 Å². The zero-order valence-corrected chi connectivity index (χ0v) is 15.9. The molecule has 0 spiro atoms. The van der Waals surface area contributed by atoms with E-state index in [-0.39, 0.29) is 12.4 Å². The summed E-state index contributed by atoms with van der Waals surface area (Å²) < 4.78 is 50.3. The molecule has 0 aliphatic rings. The number of hydrogen-bond donors (Lipinski definition) is 0. The predicted molar refractivity (Wildman–Crippen MR) is 93.9 cm³/mol. The Hall–Kier alpha value is -1.71. The molecule has 1 amide bonds. The second-order valence-corrected chi connectivity index (χ2v) is 8.44. The molecular weight excluding hydrogens is 411 g/mol. The van der Waals surface area contributed by atoms with Crippen molar-refractivity contribution in [2.45, 2.75) is 18.8 Å². The number of nitrogens with zero attached hydrogens (tertiary/aromatic N) is 3. The van der Waals surface area contributed by atoms with Crippen LogP contribution in [0.5, 0.6) is 0 Å². The average molecular weight is 426 g/mol. The molecule has 0 N–H and O–H groups in total. The highest BCUT2D eigenvalue weighted by molar-refractivity contribution is 7.91. The minimum Gasteiger partial charge on any atom is -0.341 e. The lowest BCUT2D eigenvalue weighted by Crippen LogP contribution is -2.32. The summed E-state index contributed by atoms with van der Waals surface area (Å²) in [5, 5.41) is 0.679. The zero-order chi connectivity index (χ0) is 19.5. The van der Waals surface area contributed by atoms with Crippen LogP contribution in [0.3, 0.4) is 0 Å². The molecule has 1 aromatic heterocycles. The van der Waals surface area contributed by atoms with Crippen LogP contribution in [-0.4, -0.2) is 41.6 Å². The summed E-state index contributed by atoms with van der Waals surface area (Å²) in [5.74, 6) is -2.57. The number of halogens is 4. The van der Waals surface area contributed by atoms with Crippen LogP contribution in [0.25, 0.3) is 0 Å². The summed E-state index contributed by atoms with van der Waals surface area (Å²) >= 11 is 11.7. The van der Waals surface area contributed by atoms with E-state index in [1.807, 2.05) is 0 Å². The Morgan fingerprint density at radius 1 is 1.31 bits per heavy atom. The first kappa shape index (κ1) is 20.6. The molecule has 0 aliphatic carbocycles. The first-order valence-corrected chi connectivity index (χ1v) is 9.85. The fraction of sp³-hybridized carbons (Fsp3) is 0.333. The van der Waals surface area contributed by atoms with Crippen molar-refractivity contribution < 1.29 is 22.0 Å². The molecule has 0 aliphatic heterocycles. The Bertz CT molecular complexity index is 903. The van der Waals surface area contributed by atoms with Crippen molar-refractivity contribution in [3.05, 3.63) is 52.0 Å². The lowest BCUT2D eigenvalue weighted by Gasteiger charge is -2.17. The maximum absolute atomic E-state index is 12.8. The molecule has 0 fully saturated rings. The van der Waals surface area contributed by atoms with Crippen molar-refractivity contribution in [3.8, 4) is 0 Å². The molecule has 1 heterocycles. The third-order valence-electron chi connectivity index (χ3n) is 3.48. The molecule has 0 unspecified atom stereocenters. The van der Waals surface area contributed by atoms with Gasteiger partial charge in [0.05, 0.1) is 10.0 Å². The first-order chi connectivity index (χ1) is 12.1. The van der Waals surface area contributed by atoms with Crippen molar-refractivity contribution in [2.75, 3.05) is 12.8 Å². The van der Waals surface area contributed by atoms with Gasteiger partial charge in [-0.3, -0.25) is 9.36 Å². The summed E-state index contributed by atoms with van der Waals surface area (Å²) in [5.41, 5.74) is 0.667. The molecule has 0 bridgehead atoms. The summed E-state index contributed by atoms with van der Waals surface area (Å²) in [7, 11) is -2.54. The van der Waals surface area contributed by atoms with Crippen molar-refractivity contribution in [1.82, 2.24) is 14.5 Å². The summed E-state index contributed by atoms with van der Waals surface area (Å²) in [6.45, 7) is -2.78. The Labute approximate surface area is 159 Å². The number of alkyl halides is 2. The van der Waals surface area contributed by atoms with Crippen molar-refractivity contribution in [2.24, 2.45) is 0 Å². The molecule has 0 atom stereocenters. The Kier molecular flexibility index (Phi) is 6.59. The highest BCUT2D eigenvalue weighted by atomic mass is 35.5. The van der Waals surface area contributed by atoms with Crippen LogP contribution < -0.4 is 0 Å². The predicted octanol–water partition coefficient (Wildman–Crippen LogP) is 3.16. The minimum absolute atomic E-state index is 0.122. The maximum atomic E-state index is 12.8. The lowest BCUT2D eigenvalue weighted by atomic mass is 10.2. The van der Waals surface area contributed by atoms with E-state index < -0.39 is 33.8 Å². The van der Waals surface area contributed by atoms with E-state index in [2.05, 4.69) is 4.98 Å². The largest absolute Gasteiger partial charge is 0.341 e. The maximum Gasteiger partial charge on any atom is 0.319 e. The van der Waals surface area contributed by atoms with Crippen LogP contribution in [0.15, 0.2) is 30.6 Å². The number of hydrogen-bond acceptors (Lipinski definition) is 4. The summed E-state index contributed by atoms with van der Waals surface area (Å²) in [6.07, 6.45) is 2.06. The second-order valence-electron chi connectivity index (χ2n) is 5.56.